The lowest BCUT2D eigenvalue weighted by molar-refractivity contribution is 0.0243. The number of hydrogen-bond donors (Lipinski definition) is 2. The van der Waals surface area contributed by atoms with Gasteiger partial charge in [0.05, 0.1) is 11.7 Å². The van der Waals surface area contributed by atoms with E-state index >= 15 is 0 Å². The lowest BCUT2D eigenvalue weighted by Gasteiger charge is -2.23. The minimum absolute atomic E-state index is 0.0977. The molecule has 1 aromatic rings. The third-order valence-electron chi connectivity index (χ3n) is 2.96. The number of nitrogens with one attached hydrogen (secondary N) is 1. The first-order valence-electron chi connectivity index (χ1n) is 7.10. The smallest absolute Gasteiger partial charge is 0.251 e. The third kappa shape index (κ3) is 6.60. The van der Waals surface area contributed by atoms with Crippen LogP contribution < -0.4 is 10.1 Å². The molecule has 1 rings (SSSR count). The van der Waals surface area contributed by atoms with Gasteiger partial charge in [-0.1, -0.05) is 0 Å². The monoisotopic (exact) mass is 295 g/mol. The fourth-order valence-electron chi connectivity index (χ4n) is 1.74. The van der Waals surface area contributed by atoms with Crippen LogP contribution >= 0.6 is 0 Å². The van der Waals surface area contributed by atoms with Crippen molar-refractivity contribution in [1.82, 2.24) is 5.32 Å². The average Bonchev–Trinajstić information content (AvgIpc) is 2.43. The molecule has 1 amide bonds. The third-order valence-corrected chi connectivity index (χ3v) is 2.96. The van der Waals surface area contributed by atoms with E-state index in [1.54, 1.807) is 38.3 Å². The molecule has 0 saturated carbocycles. The Labute approximate surface area is 126 Å². The van der Waals surface area contributed by atoms with Crippen molar-refractivity contribution < 1.29 is 19.4 Å². The molecule has 118 valence electrons. The van der Waals surface area contributed by atoms with Gasteiger partial charge in [-0.3, -0.25) is 4.79 Å². The molecule has 21 heavy (non-hydrogen) atoms. The van der Waals surface area contributed by atoms with Gasteiger partial charge in [0.15, 0.2) is 0 Å². The van der Waals surface area contributed by atoms with Gasteiger partial charge in [-0.15, -0.1) is 0 Å². The van der Waals surface area contributed by atoms with E-state index in [2.05, 4.69) is 5.32 Å². The van der Waals surface area contributed by atoms with Gasteiger partial charge in [0.25, 0.3) is 5.91 Å². The largest absolute Gasteiger partial charge is 0.491 e. The molecule has 5 heteroatoms. The van der Waals surface area contributed by atoms with Crippen LogP contribution in [-0.2, 0) is 4.74 Å². The Bertz CT molecular complexity index is 440. The molecule has 0 radical (unpaired) electrons. The van der Waals surface area contributed by atoms with Crippen molar-refractivity contribution in [3.63, 3.8) is 0 Å². The van der Waals surface area contributed by atoms with Gasteiger partial charge in [-0.05, 0) is 45.0 Å². The molecule has 0 aliphatic heterocycles. The normalized spacial score (nSPS) is 13.8. The zero-order chi connectivity index (χ0) is 15.9. The summed E-state index contributed by atoms with van der Waals surface area (Å²) in [7, 11) is 1.58. The predicted octanol–water partition coefficient (Wildman–Crippen LogP) is 1.99. The Hall–Kier alpha value is -1.59. The van der Waals surface area contributed by atoms with E-state index in [9.17, 15) is 9.90 Å². The number of ether oxygens (including phenoxy) is 2. The Balaban J connectivity index is 2.52. The van der Waals surface area contributed by atoms with E-state index in [4.69, 9.17) is 9.47 Å². The van der Waals surface area contributed by atoms with Crippen molar-refractivity contribution in [2.75, 3.05) is 20.3 Å². The Morgan fingerprint density at radius 1 is 1.33 bits per heavy atom. The molecule has 0 heterocycles. The molecule has 0 spiro atoms. The fraction of sp³-hybridized carbons (Fsp3) is 0.562. The summed E-state index contributed by atoms with van der Waals surface area (Å²) >= 11 is 0. The Morgan fingerprint density at radius 2 is 1.95 bits per heavy atom. The van der Waals surface area contributed by atoms with Crippen molar-refractivity contribution >= 4 is 5.91 Å². The molecule has 0 bridgehead atoms. The maximum atomic E-state index is 12.0. The number of hydrogen-bond acceptors (Lipinski definition) is 4. The molecule has 2 N–H and O–H groups in total. The number of rotatable bonds is 8. The molecule has 1 unspecified atom stereocenters. The van der Waals surface area contributed by atoms with Gasteiger partial charge in [-0.25, -0.2) is 0 Å². The molecule has 1 atom stereocenters. The molecule has 0 aliphatic rings. The van der Waals surface area contributed by atoms with Gasteiger partial charge in [0, 0.05) is 32.2 Å². The summed E-state index contributed by atoms with van der Waals surface area (Å²) in [6, 6.07) is 6.93. The van der Waals surface area contributed by atoms with Crippen LogP contribution in [0.3, 0.4) is 0 Å². The molecule has 1 aromatic carbocycles. The van der Waals surface area contributed by atoms with Crippen molar-refractivity contribution in [3.8, 4) is 5.75 Å². The summed E-state index contributed by atoms with van der Waals surface area (Å²) in [6.07, 6.45) is 0.561. The second-order valence-corrected chi connectivity index (χ2v) is 5.61. The van der Waals surface area contributed by atoms with Crippen LogP contribution in [0, 0.1) is 0 Å². The molecular formula is C16H25NO4. The minimum atomic E-state index is -0.980. The zero-order valence-corrected chi connectivity index (χ0v) is 13.2. The minimum Gasteiger partial charge on any atom is -0.491 e. The zero-order valence-electron chi connectivity index (χ0n) is 13.2. The SMILES string of the molecule is COCCC(C)(O)CNC(=O)c1ccc(OC(C)C)cc1. The summed E-state index contributed by atoms with van der Waals surface area (Å²) in [4.78, 5) is 12.0. The first kappa shape index (κ1) is 17.5. The van der Waals surface area contributed by atoms with Crippen molar-refractivity contribution in [1.29, 1.82) is 0 Å². The molecule has 0 saturated heterocycles. The molecule has 0 aliphatic carbocycles. The summed E-state index contributed by atoms with van der Waals surface area (Å²) in [5.41, 5.74) is -0.444. The highest BCUT2D eigenvalue weighted by atomic mass is 16.5. The first-order valence-corrected chi connectivity index (χ1v) is 7.10. The quantitative estimate of drug-likeness (QED) is 0.769. The highest BCUT2D eigenvalue weighted by Gasteiger charge is 2.21. The molecule has 0 fully saturated rings. The van der Waals surface area contributed by atoms with Crippen LogP contribution in [0.15, 0.2) is 24.3 Å². The fourth-order valence-corrected chi connectivity index (χ4v) is 1.74. The van der Waals surface area contributed by atoms with Crippen LogP contribution in [0.4, 0.5) is 0 Å². The summed E-state index contributed by atoms with van der Waals surface area (Å²) in [5, 5.41) is 12.8. The second-order valence-electron chi connectivity index (χ2n) is 5.61. The second kappa shape index (κ2) is 8.00. The van der Waals surface area contributed by atoms with Gasteiger partial charge in [-0.2, -0.15) is 0 Å². The standard InChI is InChI=1S/C16H25NO4/c1-12(2)21-14-7-5-13(6-8-14)15(18)17-11-16(3,19)9-10-20-4/h5-8,12,19H,9-11H2,1-4H3,(H,17,18). The highest BCUT2D eigenvalue weighted by molar-refractivity contribution is 5.94. The van der Waals surface area contributed by atoms with Crippen molar-refractivity contribution in [2.45, 2.75) is 38.9 Å². The molecule has 0 aromatic heterocycles. The lowest BCUT2D eigenvalue weighted by Crippen LogP contribution is -2.41. The van der Waals surface area contributed by atoms with E-state index in [0.29, 0.717) is 18.6 Å². The van der Waals surface area contributed by atoms with E-state index in [1.807, 2.05) is 13.8 Å². The van der Waals surface area contributed by atoms with Crippen LogP contribution in [0.1, 0.15) is 37.6 Å². The van der Waals surface area contributed by atoms with E-state index in [0.717, 1.165) is 5.75 Å². The first-order chi connectivity index (χ1) is 9.84. The van der Waals surface area contributed by atoms with Gasteiger partial charge in [0.1, 0.15) is 5.75 Å². The maximum absolute atomic E-state index is 12.0. The number of benzene rings is 1. The topological polar surface area (TPSA) is 67.8 Å². The summed E-state index contributed by atoms with van der Waals surface area (Å²) in [6.45, 7) is 6.20. The van der Waals surface area contributed by atoms with Crippen LogP contribution in [-0.4, -0.2) is 43.0 Å². The van der Waals surface area contributed by atoms with Gasteiger partial charge >= 0.3 is 0 Å². The lowest BCUT2D eigenvalue weighted by atomic mass is 10.0. The van der Waals surface area contributed by atoms with Crippen molar-refractivity contribution in [2.24, 2.45) is 0 Å². The van der Waals surface area contributed by atoms with Gasteiger partial charge < -0.3 is 19.9 Å². The predicted molar refractivity (Wildman–Crippen MR) is 81.7 cm³/mol. The van der Waals surface area contributed by atoms with E-state index in [1.165, 1.54) is 0 Å². The van der Waals surface area contributed by atoms with Crippen LogP contribution in [0.2, 0.25) is 0 Å². The Morgan fingerprint density at radius 3 is 2.48 bits per heavy atom. The summed E-state index contributed by atoms with van der Waals surface area (Å²) in [5.74, 6) is 0.512. The number of aliphatic hydroxyl groups is 1. The van der Waals surface area contributed by atoms with Crippen LogP contribution in [0.25, 0.3) is 0 Å². The highest BCUT2D eigenvalue weighted by Crippen LogP contribution is 2.14. The number of methoxy groups -OCH3 is 1. The average molecular weight is 295 g/mol. The Kier molecular flexibility index (Phi) is 6.65. The van der Waals surface area contributed by atoms with E-state index in [-0.39, 0.29) is 18.6 Å². The number of carbonyl (C=O) groups is 1. The molecular weight excluding hydrogens is 270 g/mol. The number of carbonyl (C=O) groups excluding carboxylic acids is 1. The van der Waals surface area contributed by atoms with Gasteiger partial charge in [0.2, 0.25) is 0 Å². The van der Waals surface area contributed by atoms with Crippen LogP contribution in [0.5, 0.6) is 5.75 Å². The number of amides is 1. The molecule has 5 nitrogen and oxygen atoms in total. The maximum Gasteiger partial charge on any atom is 0.251 e. The van der Waals surface area contributed by atoms with Crippen molar-refractivity contribution in [3.05, 3.63) is 29.8 Å². The van der Waals surface area contributed by atoms with E-state index < -0.39 is 5.60 Å². The summed E-state index contributed by atoms with van der Waals surface area (Å²) < 4.78 is 10.4.